The van der Waals surface area contributed by atoms with Crippen LogP contribution in [0.1, 0.15) is 17.7 Å². The summed E-state index contributed by atoms with van der Waals surface area (Å²) < 4.78 is 36.9. The lowest BCUT2D eigenvalue weighted by Gasteiger charge is -2.32. The van der Waals surface area contributed by atoms with Gasteiger partial charge in [0.15, 0.2) is 0 Å². The number of sulfonamides is 1. The van der Waals surface area contributed by atoms with Crippen LogP contribution in [0.15, 0.2) is 66.0 Å². The molecule has 0 aliphatic carbocycles. The van der Waals surface area contributed by atoms with Crippen LogP contribution in [-0.2, 0) is 30.2 Å². The monoisotopic (exact) mass is 439 g/mol. The lowest BCUT2D eigenvalue weighted by atomic mass is 10.0. The summed E-state index contributed by atoms with van der Waals surface area (Å²) in [5.74, 6) is 0.425. The number of hydrogen-bond donors (Lipinski definition) is 0. The van der Waals surface area contributed by atoms with Crippen LogP contribution < -0.4 is 4.74 Å². The Labute approximate surface area is 182 Å². The third-order valence-electron chi connectivity index (χ3n) is 5.88. The van der Waals surface area contributed by atoms with Crippen LogP contribution in [0.25, 0.3) is 0 Å². The molecule has 1 unspecified atom stereocenters. The number of para-hydroxylation sites is 1. The van der Waals surface area contributed by atoms with Crippen LogP contribution in [0.3, 0.4) is 0 Å². The maximum absolute atomic E-state index is 13.5. The van der Waals surface area contributed by atoms with Gasteiger partial charge in [0.05, 0.1) is 25.0 Å². The van der Waals surface area contributed by atoms with Gasteiger partial charge in [-0.05, 0) is 24.3 Å². The molecule has 162 valence electrons. The number of ether oxygens (including phenoxy) is 1. The van der Waals surface area contributed by atoms with Gasteiger partial charge in [-0.1, -0.05) is 18.2 Å². The molecule has 0 N–H and O–H groups in total. The lowest BCUT2D eigenvalue weighted by molar-refractivity contribution is 0.0568. The number of aryl methyl sites for hydroxylation is 1. The van der Waals surface area contributed by atoms with Gasteiger partial charge in [-0.15, -0.1) is 0 Å². The quantitative estimate of drug-likeness (QED) is 0.619. The molecule has 1 aromatic carbocycles. The number of nitrogens with zero attached hydrogens (tertiary/aromatic N) is 5. The molecule has 0 saturated carbocycles. The molecule has 2 aliphatic rings. The Hall–Kier alpha value is -2.75. The highest BCUT2D eigenvalue weighted by atomic mass is 32.2. The molecule has 3 aromatic rings. The van der Waals surface area contributed by atoms with Crippen molar-refractivity contribution < 1.29 is 13.2 Å². The van der Waals surface area contributed by atoms with Crippen molar-refractivity contribution in [2.45, 2.75) is 30.0 Å². The van der Waals surface area contributed by atoms with E-state index in [-0.39, 0.29) is 18.0 Å². The van der Waals surface area contributed by atoms with Crippen LogP contribution in [0.4, 0.5) is 0 Å². The smallest absolute Gasteiger partial charge is 0.247 e. The van der Waals surface area contributed by atoms with Crippen molar-refractivity contribution in [3.8, 4) is 5.75 Å². The molecule has 31 heavy (non-hydrogen) atoms. The standard InChI is InChI=1S/C22H25N5O3S/c1-25-13-18(12-24-25)14-26-11-9-22(16-26)17-27(15-19-6-4-5-10-23-19)31(28,29)21-8-3-2-7-20(21)30-22/h2-8,10,12-13H,9,11,14-17H2,1H3. The maximum Gasteiger partial charge on any atom is 0.247 e. The zero-order valence-electron chi connectivity index (χ0n) is 17.4. The molecule has 2 aromatic heterocycles. The Balaban J connectivity index is 1.47. The van der Waals surface area contributed by atoms with Crippen molar-refractivity contribution in [2.75, 3.05) is 19.6 Å². The number of rotatable bonds is 4. The number of benzene rings is 1. The van der Waals surface area contributed by atoms with Gasteiger partial charge >= 0.3 is 0 Å². The van der Waals surface area contributed by atoms with E-state index in [1.54, 1.807) is 29.1 Å². The van der Waals surface area contributed by atoms with E-state index in [1.165, 1.54) is 4.31 Å². The van der Waals surface area contributed by atoms with Crippen molar-refractivity contribution in [1.29, 1.82) is 0 Å². The zero-order chi connectivity index (χ0) is 21.5. The Bertz CT molecular complexity index is 1180. The SMILES string of the molecule is Cn1cc(CN2CCC3(C2)CN(Cc2ccccn2)S(=O)(=O)c2ccccc2O3)cn1. The number of pyridine rings is 1. The minimum Gasteiger partial charge on any atom is -0.483 e. The van der Waals surface area contributed by atoms with E-state index < -0.39 is 15.6 Å². The van der Waals surface area contributed by atoms with Crippen LogP contribution in [0, 0.1) is 0 Å². The number of likely N-dealkylation sites (tertiary alicyclic amines) is 1. The fourth-order valence-electron chi connectivity index (χ4n) is 4.46. The van der Waals surface area contributed by atoms with E-state index in [4.69, 9.17) is 4.74 Å². The topological polar surface area (TPSA) is 80.6 Å². The second-order valence-corrected chi connectivity index (χ2v) is 10.2. The average Bonchev–Trinajstić information content (AvgIpc) is 3.32. The Kier molecular flexibility index (Phi) is 5.04. The second-order valence-electron chi connectivity index (χ2n) is 8.31. The maximum atomic E-state index is 13.5. The van der Waals surface area contributed by atoms with Crippen molar-refractivity contribution in [3.05, 3.63) is 72.3 Å². The molecule has 9 heteroatoms. The minimum absolute atomic E-state index is 0.214. The number of aromatic nitrogens is 3. The van der Waals surface area contributed by atoms with Crippen LogP contribution in [0.2, 0.25) is 0 Å². The van der Waals surface area contributed by atoms with Crippen LogP contribution in [0.5, 0.6) is 5.75 Å². The molecular weight excluding hydrogens is 414 g/mol. The minimum atomic E-state index is -3.72. The lowest BCUT2D eigenvalue weighted by Crippen LogP contribution is -2.49. The Morgan fingerprint density at radius 2 is 1.94 bits per heavy atom. The summed E-state index contributed by atoms with van der Waals surface area (Å²) >= 11 is 0. The van der Waals surface area contributed by atoms with Crippen molar-refractivity contribution in [1.82, 2.24) is 24.0 Å². The molecule has 4 heterocycles. The summed E-state index contributed by atoms with van der Waals surface area (Å²) in [6.45, 7) is 2.72. The summed E-state index contributed by atoms with van der Waals surface area (Å²) in [5.41, 5.74) is 1.23. The van der Waals surface area contributed by atoms with Gasteiger partial charge in [-0.2, -0.15) is 9.40 Å². The van der Waals surface area contributed by atoms with Gasteiger partial charge in [0.2, 0.25) is 10.0 Å². The predicted octanol–water partition coefficient (Wildman–Crippen LogP) is 2.04. The third-order valence-corrected chi connectivity index (χ3v) is 7.71. The van der Waals surface area contributed by atoms with E-state index in [0.717, 1.165) is 25.1 Å². The number of hydrogen-bond acceptors (Lipinski definition) is 6. The first kappa shape index (κ1) is 20.2. The highest BCUT2D eigenvalue weighted by Gasteiger charge is 2.47. The van der Waals surface area contributed by atoms with Crippen molar-refractivity contribution in [2.24, 2.45) is 7.05 Å². The van der Waals surface area contributed by atoms with Crippen LogP contribution >= 0.6 is 0 Å². The van der Waals surface area contributed by atoms with Crippen molar-refractivity contribution >= 4 is 10.0 Å². The largest absolute Gasteiger partial charge is 0.483 e. The second kappa shape index (κ2) is 7.74. The molecule has 0 radical (unpaired) electrons. The average molecular weight is 440 g/mol. The molecule has 0 amide bonds. The summed E-state index contributed by atoms with van der Waals surface area (Å²) in [6.07, 6.45) is 6.30. The zero-order valence-corrected chi connectivity index (χ0v) is 18.2. The summed E-state index contributed by atoms with van der Waals surface area (Å²) in [4.78, 5) is 6.86. The van der Waals surface area contributed by atoms with Gasteiger partial charge in [0.1, 0.15) is 16.2 Å². The Morgan fingerprint density at radius 3 is 2.71 bits per heavy atom. The highest BCUT2D eigenvalue weighted by Crippen LogP contribution is 2.39. The molecule has 8 nitrogen and oxygen atoms in total. The fourth-order valence-corrected chi connectivity index (χ4v) is 6.06. The molecule has 1 fully saturated rings. The van der Waals surface area contributed by atoms with Gasteiger partial charge < -0.3 is 4.74 Å². The van der Waals surface area contributed by atoms with Crippen LogP contribution in [-0.4, -0.2) is 57.6 Å². The van der Waals surface area contributed by atoms with Gasteiger partial charge in [-0.3, -0.25) is 14.6 Å². The van der Waals surface area contributed by atoms with Gasteiger partial charge in [0.25, 0.3) is 0 Å². The Morgan fingerprint density at radius 1 is 1.10 bits per heavy atom. The van der Waals surface area contributed by atoms with Gasteiger partial charge in [0, 0.05) is 51.1 Å². The molecule has 0 bridgehead atoms. The molecule has 1 saturated heterocycles. The van der Waals surface area contributed by atoms with E-state index in [1.807, 2.05) is 43.7 Å². The molecular formula is C22H25N5O3S. The molecule has 1 spiro atoms. The molecule has 2 aliphatic heterocycles. The van der Waals surface area contributed by atoms with Gasteiger partial charge in [-0.25, -0.2) is 8.42 Å². The third kappa shape index (κ3) is 3.96. The first-order chi connectivity index (χ1) is 14.9. The fraction of sp³-hybridized carbons (Fsp3) is 0.364. The molecule has 1 atom stereocenters. The van der Waals surface area contributed by atoms with Crippen molar-refractivity contribution in [3.63, 3.8) is 0 Å². The summed E-state index contributed by atoms with van der Waals surface area (Å²) in [7, 11) is -1.81. The normalized spacial score (nSPS) is 23.4. The number of fused-ring (bicyclic) bond motifs is 1. The van der Waals surface area contributed by atoms with E-state index in [9.17, 15) is 8.42 Å². The summed E-state index contributed by atoms with van der Waals surface area (Å²) in [6, 6.07) is 12.5. The first-order valence-electron chi connectivity index (χ1n) is 10.3. The van der Waals surface area contributed by atoms with E-state index in [0.29, 0.717) is 18.0 Å². The van der Waals surface area contributed by atoms with E-state index in [2.05, 4.69) is 15.0 Å². The highest BCUT2D eigenvalue weighted by molar-refractivity contribution is 7.89. The summed E-state index contributed by atoms with van der Waals surface area (Å²) in [5, 5.41) is 4.25. The molecule has 5 rings (SSSR count). The van der Waals surface area contributed by atoms with E-state index >= 15 is 0 Å². The predicted molar refractivity (Wildman–Crippen MR) is 115 cm³/mol. The first-order valence-corrected chi connectivity index (χ1v) is 11.8.